The van der Waals surface area contributed by atoms with Gasteiger partial charge in [-0.25, -0.2) is 4.98 Å². The fourth-order valence-electron chi connectivity index (χ4n) is 3.92. The predicted octanol–water partition coefficient (Wildman–Crippen LogP) is 4.79. The Morgan fingerprint density at radius 1 is 1.00 bits per heavy atom. The van der Waals surface area contributed by atoms with Gasteiger partial charge in [-0.15, -0.1) is 0 Å². The molecule has 8 heteroatoms. The molecule has 1 aromatic heterocycles. The first kappa shape index (κ1) is 19.2. The second-order valence-electron chi connectivity index (χ2n) is 7.21. The van der Waals surface area contributed by atoms with E-state index < -0.39 is 17.7 Å². The Morgan fingerprint density at radius 2 is 1.84 bits per heavy atom. The van der Waals surface area contributed by atoms with Crippen LogP contribution in [0.4, 0.5) is 5.69 Å². The summed E-state index contributed by atoms with van der Waals surface area (Å²) < 4.78 is 0.461. The molecule has 0 bridgehead atoms. The molecule has 4 N–H and O–H groups in total. The van der Waals surface area contributed by atoms with Gasteiger partial charge in [-0.3, -0.25) is 9.69 Å². The maximum absolute atomic E-state index is 13.3. The predicted molar refractivity (Wildman–Crippen MR) is 120 cm³/mol. The second-order valence-corrected chi connectivity index (χ2v) is 8.06. The molecule has 0 fully saturated rings. The van der Waals surface area contributed by atoms with Crippen molar-refractivity contribution < 1.29 is 20.1 Å². The third-order valence-corrected chi connectivity index (χ3v) is 5.97. The van der Waals surface area contributed by atoms with E-state index in [4.69, 9.17) is 0 Å². The number of phenolic OH excluding ortho intramolecular Hbond substituents is 2. The fraction of sp³-hybridized carbons (Fsp3) is 0.0435. The SMILES string of the molecule is O=C1C(O)=C(c2cccc(O)c2)C(c2ccc(O)c(Br)c2)N1c1ccc2nc[nH]c2c1. The number of phenols is 2. The van der Waals surface area contributed by atoms with Crippen molar-refractivity contribution in [2.24, 2.45) is 0 Å². The van der Waals surface area contributed by atoms with Crippen molar-refractivity contribution in [3.8, 4) is 11.5 Å². The van der Waals surface area contributed by atoms with Crippen molar-refractivity contribution in [1.82, 2.24) is 9.97 Å². The lowest BCUT2D eigenvalue weighted by atomic mass is 9.93. The molecule has 7 nitrogen and oxygen atoms in total. The van der Waals surface area contributed by atoms with Gasteiger partial charge >= 0.3 is 0 Å². The van der Waals surface area contributed by atoms with Crippen LogP contribution in [0, 0.1) is 0 Å². The highest BCUT2D eigenvalue weighted by molar-refractivity contribution is 9.10. The van der Waals surface area contributed by atoms with Gasteiger partial charge in [0, 0.05) is 11.3 Å². The maximum atomic E-state index is 13.3. The second kappa shape index (κ2) is 7.17. The number of fused-ring (bicyclic) bond motifs is 1. The van der Waals surface area contributed by atoms with E-state index in [2.05, 4.69) is 25.9 Å². The van der Waals surface area contributed by atoms with Gasteiger partial charge in [-0.2, -0.15) is 0 Å². The minimum Gasteiger partial charge on any atom is -0.508 e. The quantitative estimate of drug-likeness (QED) is 0.339. The molecule has 0 aliphatic carbocycles. The van der Waals surface area contributed by atoms with Crippen LogP contribution in [0.5, 0.6) is 11.5 Å². The number of nitrogens with zero attached hydrogens (tertiary/aromatic N) is 2. The number of nitrogens with one attached hydrogen (secondary N) is 1. The molecule has 31 heavy (non-hydrogen) atoms. The average Bonchev–Trinajstić information content (AvgIpc) is 3.32. The summed E-state index contributed by atoms with van der Waals surface area (Å²) in [4.78, 5) is 22.0. The zero-order valence-electron chi connectivity index (χ0n) is 16.0. The molecule has 0 saturated carbocycles. The van der Waals surface area contributed by atoms with Crippen LogP contribution >= 0.6 is 15.9 Å². The van der Waals surface area contributed by atoms with Gasteiger partial charge in [-0.1, -0.05) is 18.2 Å². The number of aromatic hydroxyl groups is 2. The summed E-state index contributed by atoms with van der Waals surface area (Å²) in [5.74, 6) is -0.880. The van der Waals surface area contributed by atoms with Gasteiger partial charge in [0.25, 0.3) is 5.91 Å². The molecule has 1 aliphatic heterocycles. The van der Waals surface area contributed by atoms with Crippen molar-refractivity contribution in [2.45, 2.75) is 6.04 Å². The molecule has 2 heterocycles. The molecule has 1 unspecified atom stereocenters. The van der Waals surface area contributed by atoms with Crippen LogP contribution in [0.25, 0.3) is 16.6 Å². The zero-order valence-corrected chi connectivity index (χ0v) is 17.5. The molecule has 0 saturated heterocycles. The summed E-state index contributed by atoms with van der Waals surface area (Å²) in [6, 6.07) is 16.0. The molecule has 3 aromatic carbocycles. The van der Waals surface area contributed by atoms with E-state index in [9.17, 15) is 20.1 Å². The van der Waals surface area contributed by atoms with E-state index in [0.717, 1.165) is 11.0 Å². The Morgan fingerprint density at radius 3 is 2.61 bits per heavy atom. The highest BCUT2D eigenvalue weighted by Crippen LogP contribution is 2.47. The van der Waals surface area contributed by atoms with E-state index >= 15 is 0 Å². The number of carbonyl (C=O) groups is 1. The molecular formula is C23H16BrN3O4. The Labute approximate surface area is 185 Å². The summed E-state index contributed by atoms with van der Waals surface area (Å²) in [7, 11) is 0. The smallest absolute Gasteiger partial charge is 0.294 e. The third kappa shape index (κ3) is 3.12. The van der Waals surface area contributed by atoms with Crippen LogP contribution in [0.15, 0.2) is 77.2 Å². The number of imidazole rings is 1. The van der Waals surface area contributed by atoms with E-state index in [1.165, 1.54) is 23.1 Å². The first-order valence-corrected chi connectivity index (χ1v) is 10.2. The summed E-state index contributed by atoms with van der Waals surface area (Å²) >= 11 is 3.33. The van der Waals surface area contributed by atoms with Crippen LogP contribution in [0.3, 0.4) is 0 Å². The number of aliphatic hydroxyl groups is 1. The normalized spacial score (nSPS) is 16.5. The lowest BCUT2D eigenvalue weighted by Crippen LogP contribution is -2.30. The molecule has 1 aliphatic rings. The fourth-order valence-corrected chi connectivity index (χ4v) is 4.32. The minimum absolute atomic E-state index is 0.0215. The summed E-state index contributed by atoms with van der Waals surface area (Å²) in [6.07, 6.45) is 1.57. The monoisotopic (exact) mass is 477 g/mol. The van der Waals surface area contributed by atoms with Crippen molar-refractivity contribution in [2.75, 3.05) is 4.90 Å². The Kier molecular flexibility index (Phi) is 4.44. The zero-order chi connectivity index (χ0) is 21.7. The number of hydrogen-bond acceptors (Lipinski definition) is 5. The van der Waals surface area contributed by atoms with Crippen molar-refractivity contribution in [3.05, 3.63) is 88.3 Å². The average molecular weight is 478 g/mol. The number of carbonyl (C=O) groups excluding carboxylic acids is 1. The van der Waals surface area contributed by atoms with Gasteiger partial charge in [0.15, 0.2) is 5.76 Å². The van der Waals surface area contributed by atoms with Crippen molar-refractivity contribution in [3.63, 3.8) is 0 Å². The maximum Gasteiger partial charge on any atom is 0.294 e. The summed E-state index contributed by atoms with van der Waals surface area (Å²) in [5, 5.41) is 30.8. The lowest BCUT2D eigenvalue weighted by molar-refractivity contribution is -0.117. The lowest BCUT2D eigenvalue weighted by Gasteiger charge is -2.28. The number of aliphatic hydroxyl groups excluding tert-OH is 1. The number of benzene rings is 3. The first-order valence-electron chi connectivity index (χ1n) is 9.41. The molecule has 154 valence electrons. The standard InChI is InChI=1S/C23H16BrN3O4/c24-16-9-13(4-7-19(16)29)21-20(12-2-1-3-15(28)8-12)22(30)23(31)27(21)14-5-6-17-18(10-14)26-11-25-17/h1-11,21,28-30H,(H,25,26). The molecule has 0 radical (unpaired) electrons. The number of hydrogen-bond donors (Lipinski definition) is 4. The first-order chi connectivity index (χ1) is 14.9. The number of rotatable bonds is 3. The Hall–Kier alpha value is -3.78. The number of amides is 1. The third-order valence-electron chi connectivity index (χ3n) is 5.33. The van der Waals surface area contributed by atoms with E-state index in [1.54, 1.807) is 48.8 Å². The minimum atomic E-state index is -0.688. The van der Waals surface area contributed by atoms with E-state index in [0.29, 0.717) is 26.9 Å². The number of H-pyrrole nitrogens is 1. The molecule has 4 aromatic rings. The number of halogens is 1. The molecule has 0 spiro atoms. The molecular weight excluding hydrogens is 462 g/mol. The molecule has 1 atom stereocenters. The Balaban J connectivity index is 1.73. The van der Waals surface area contributed by atoms with E-state index in [1.807, 2.05) is 0 Å². The largest absolute Gasteiger partial charge is 0.508 e. The van der Waals surface area contributed by atoms with Crippen LogP contribution in [0.2, 0.25) is 0 Å². The van der Waals surface area contributed by atoms with Crippen LogP contribution in [-0.4, -0.2) is 31.2 Å². The van der Waals surface area contributed by atoms with Crippen molar-refractivity contribution in [1.29, 1.82) is 0 Å². The molecule has 1 amide bonds. The van der Waals surface area contributed by atoms with Crippen LogP contribution < -0.4 is 4.90 Å². The number of anilines is 1. The highest BCUT2D eigenvalue weighted by atomic mass is 79.9. The molecule has 5 rings (SSSR count). The number of aromatic amines is 1. The van der Waals surface area contributed by atoms with E-state index in [-0.39, 0.29) is 11.5 Å². The van der Waals surface area contributed by atoms with Gasteiger partial charge in [0.1, 0.15) is 11.5 Å². The van der Waals surface area contributed by atoms with Crippen LogP contribution in [0.1, 0.15) is 17.2 Å². The number of aromatic nitrogens is 2. The van der Waals surface area contributed by atoms with Gasteiger partial charge in [0.05, 0.1) is 27.9 Å². The summed E-state index contributed by atoms with van der Waals surface area (Å²) in [6.45, 7) is 0. The van der Waals surface area contributed by atoms with Crippen LogP contribution in [-0.2, 0) is 4.79 Å². The summed E-state index contributed by atoms with van der Waals surface area (Å²) in [5.41, 5.74) is 3.63. The topological polar surface area (TPSA) is 110 Å². The Bertz CT molecular complexity index is 1380. The highest BCUT2D eigenvalue weighted by Gasteiger charge is 2.42. The van der Waals surface area contributed by atoms with Gasteiger partial charge < -0.3 is 20.3 Å². The van der Waals surface area contributed by atoms with Crippen molar-refractivity contribution >= 4 is 44.1 Å². The van der Waals surface area contributed by atoms with Gasteiger partial charge in [0.2, 0.25) is 0 Å². The van der Waals surface area contributed by atoms with Gasteiger partial charge in [-0.05, 0) is 69.5 Å².